The predicted octanol–water partition coefficient (Wildman–Crippen LogP) is 5.97. The van der Waals surface area contributed by atoms with Crippen molar-refractivity contribution in [3.63, 3.8) is 0 Å². The molecule has 2 atom stereocenters. The van der Waals surface area contributed by atoms with Crippen molar-refractivity contribution in [2.45, 2.75) is 28.5 Å². The van der Waals surface area contributed by atoms with Gasteiger partial charge >= 0.3 is 0 Å². The van der Waals surface area contributed by atoms with Gasteiger partial charge in [0.25, 0.3) is 0 Å². The molecule has 0 spiro atoms. The number of benzene rings is 2. The van der Waals surface area contributed by atoms with Crippen molar-refractivity contribution in [3.05, 3.63) is 108 Å². The first kappa shape index (κ1) is 24.0. The number of rotatable bonds is 8. The maximum Gasteiger partial charge on any atom is 0.226 e. The fraction of sp³-hybridized carbons (Fsp3) is 0.148. The van der Waals surface area contributed by atoms with Crippen LogP contribution in [0.15, 0.2) is 106 Å². The molecule has 1 aliphatic rings. The summed E-state index contributed by atoms with van der Waals surface area (Å²) in [7, 11) is 0. The van der Waals surface area contributed by atoms with Gasteiger partial charge in [0.05, 0.1) is 11.7 Å². The summed E-state index contributed by atoms with van der Waals surface area (Å²) in [6.45, 7) is 0.370. The largest absolute Gasteiger partial charge is 0.452 e. The van der Waals surface area contributed by atoms with Crippen molar-refractivity contribution < 1.29 is 13.6 Å². The summed E-state index contributed by atoms with van der Waals surface area (Å²) in [6.07, 6.45) is 1.94. The number of thiocarbonyl (C=S) groups is 1. The molecule has 4 aromatic rings. The molecule has 1 fully saturated rings. The minimum Gasteiger partial charge on any atom is -0.452 e. The number of nitrogens with zero attached hydrogens (tertiary/aromatic N) is 2. The zero-order valence-corrected chi connectivity index (χ0v) is 20.8. The number of anilines is 1. The predicted molar refractivity (Wildman–Crippen MR) is 141 cm³/mol. The SMILES string of the molecule is O=C(CCN1C(=S)NC(c2ccccn2)C1c1ccc(Sc2ccccc2)o1)Nc1ccc(F)cc1. The van der Waals surface area contributed by atoms with Crippen LogP contribution in [0.5, 0.6) is 0 Å². The number of amides is 1. The van der Waals surface area contributed by atoms with Crippen LogP contribution in [0.25, 0.3) is 0 Å². The number of aromatic nitrogens is 1. The number of furan rings is 1. The lowest BCUT2D eigenvalue weighted by molar-refractivity contribution is -0.116. The van der Waals surface area contributed by atoms with E-state index in [2.05, 4.69) is 15.6 Å². The molecule has 2 aromatic carbocycles. The summed E-state index contributed by atoms with van der Waals surface area (Å²) in [5, 5.41) is 7.46. The molecule has 2 N–H and O–H groups in total. The van der Waals surface area contributed by atoms with E-state index in [-0.39, 0.29) is 30.2 Å². The summed E-state index contributed by atoms with van der Waals surface area (Å²) in [4.78, 5) is 20.2. The van der Waals surface area contributed by atoms with Crippen molar-refractivity contribution in [2.75, 3.05) is 11.9 Å². The molecule has 182 valence electrons. The number of carbonyl (C=O) groups excluding carboxylic acids is 1. The summed E-state index contributed by atoms with van der Waals surface area (Å²) < 4.78 is 19.4. The normalized spacial score (nSPS) is 17.1. The molecule has 5 rings (SSSR count). The van der Waals surface area contributed by atoms with Crippen LogP contribution >= 0.6 is 24.0 Å². The Bertz CT molecular complexity index is 1330. The van der Waals surface area contributed by atoms with Gasteiger partial charge in [-0.1, -0.05) is 36.0 Å². The Morgan fingerprint density at radius 3 is 2.58 bits per heavy atom. The highest BCUT2D eigenvalue weighted by atomic mass is 32.2. The first-order valence-corrected chi connectivity index (χ1v) is 12.7. The van der Waals surface area contributed by atoms with Gasteiger partial charge in [-0.05, 0) is 72.9 Å². The van der Waals surface area contributed by atoms with Gasteiger partial charge in [0.1, 0.15) is 17.6 Å². The lowest BCUT2D eigenvalue weighted by Crippen LogP contribution is -2.32. The monoisotopic (exact) mass is 518 g/mol. The highest BCUT2D eigenvalue weighted by molar-refractivity contribution is 7.99. The quantitative estimate of drug-likeness (QED) is 0.279. The van der Waals surface area contributed by atoms with Crippen LogP contribution in [0.3, 0.4) is 0 Å². The van der Waals surface area contributed by atoms with E-state index in [0.29, 0.717) is 17.3 Å². The second kappa shape index (κ2) is 10.9. The highest BCUT2D eigenvalue weighted by Crippen LogP contribution is 2.41. The Labute approximate surface area is 217 Å². The molecular weight excluding hydrogens is 495 g/mol. The molecule has 0 bridgehead atoms. The van der Waals surface area contributed by atoms with Gasteiger partial charge in [0.2, 0.25) is 5.91 Å². The molecule has 3 heterocycles. The number of hydrogen-bond acceptors (Lipinski definition) is 5. The third-order valence-electron chi connectivity index (χ3n) is 5.76. The van der Waals surface area contributed by atoms with E-state index >= 15 is 0 Å². The minimum atomic E-state index is -0.354. The van der Waals surface area contributed by atoms with Crippen molar-refractivity contribution in [1.82, 2.24) is 15.2 Å². The summed E-state index contributed by atoms with van der Waals surface area (Å²) in [6, 6.07) is 24.8. The van der Waals surface area contributed by atoms with Gasteiger partial charge < -0.3 is 20.0 Å². The summed E-state index contributed by atoms with van der Waals surface area (Å²) >= 11 is 7.21. The molecule has 1 saturated heterocycles. The maximum atomic E-state index is 13.2. The van der Waals surface area contributed by atoms with Crippen molar-refractivity contribution in [2.24, 2.45) is 0 Å². The van der Waals surface area contributed by atoms with Gasteiger partial charge in [-0.3, -0.25) is 9.78 Å². The number of halogens is 1. The summed E-state index contributed by atoms with van der Waals surface area (Å²) in [5.74, 6) is 0.188. The van der Waals surface area contributed by atoms with E-state index in [1.807, 2.05) is 65.6 Å². The van der Waals surface area contributed by atoms with Crippen LogP contribution in [0.1, 0.15) is 30.0 Å². The molecule has 36 heavy (non-hydrogen) atoms. The molecule has 2 unspecified atom stereocenters. The second-order valence-electron chi connectivity index (χ2n) is 8.20. The number of nitrogens with one attached hydrogen (secondary N) is 2. The smallest absolute Gasteiger partial charge is 0.226 e. The van der Waals surface area contributed by atoms with Crippen molar-refractivity contribution >= 4 is 40.7 Å². The number of pyridine rings is 1. The first-order valence-electron chi connectivity index (χ1n) is 11.4. The zero-order chi connectivity index (χ0) is 24.9. The van der Waals surface area contributed by atoms with Crippen LogP contribution in [-0.2, 0) is 4.79 Å². The van der Waals surface area contributed by atoms with E-state index in [1.165, 1.54) is 24.3 Å². The molecule has 6 nitrogen and oxygen atoms in total. The van der Waals surface area contributed by atoms with Crippen LogP contribution in [0.4, 0.5) is 10.1 Å². The van der Waals surface area contributed by atoms with Gasteiger partial charge in [0.15, 0.2) is 10.2 Å². The lowest BCUT2D eigenvalue weighted by Gasteiger charge is -2.25. The fourth-order valence-corrected chi connectivity index (χ4v) is 5.22. The van der Waals surface area contributed by atoms with E-state index in [1.54, 1.807) is 18.0 Å². The molecular formula is C27H23FN4O2S2. The van der Waals surface area contributed by atoms with Gasteiger partial charge in [-0.15, -0.1) is 0 Å². The molecule has 0 saturated carbocycles. The third kappa shape index (κ3) is 5.58. The summed E-state index contributed by atoms with van der Waals surface area (Å²) in [5.41, 5.74) is 1.37. The van der Waals surface area contributed by atoms with Crippen LogP contribution < -0.4 is 10.6 Å². The molecule has 2 aromatic heterocycles. The van der Waals surface area contributed by atoms with E-state index in [9.17, 15) is 9.18 Å². The van der Waals surface area contributed by atoms with E-state index in [4.69, 9.17) is 16.6 Å². The van der Waals surface area contributed by atoms with Gasteiger partial charge in [-0.2, -0.15) is 0 Å². The Morgan fingerprint density at radius 2 is 1.83 bits per heavy atom. The Kier molecular flexibility index (Phi) is 7.29. The Morgan fingerprint density at radius 1 is 1.06 bits per heavy atom. The molecule has 0 aliphatic carbocycles. The van der Waals surface area contributed by atoms with Crippen molar-refractivity contribution in [1.29, 1.82) is 0 Å². The fourth-order valence-electron chi connectivity index (χ4n) is 4.09. The molecule has 1 amide bonds. The minimum absolute atomic E-state index is 0.191. The van der Waals surface area contributed by atoms with Crippen LogP contribution in [0.2, 0.25) is 0 Å². The standard InChI is InChI=1S/C27H23FN4O2S2/c28-18-9-11-19(12-10-18)30-23(33)15-17-32-26(25(31-27(32)35)21-8-4-5-16-29-21)22-13-14-24(34-22)36-20-6-2-1-3-7-20/h1-14,16,25-26H,15,17H2,(H,30,33)(H,31,35). The van der Waals surface area contributed by atoms with Gasteiger partial charge in [0, 0.05) is 29.7 Å². The number of carbonyl (C=O) groups is 1. The average molecular weight is 519 g/mol. The van der Waals surface area contributed by atoms with Crippen LogP contribution in [-0.4, -0.2) is 27.4 Å². The molecule has 1 aliphatic heterocycles. The van der Waals surface area contributed by atoms with Gasteiger partial charge in [-0.25, -0.2) is 4.39 Å². The van der Waals surface area contributed by atoms with E-state index in [0.717, 1.165) is 21.4 Å². The van der Waals surface area contributed by atoms with Crippen molar-refractivity contribution in [3.8, 4) is 0 Å². The number of hydrogen-bond donors (Lipinski definition) is 2. The lowest BCUT2D eigenvalue weighted by atomic mass is 10.0. The topological polar surface area (TPSA) is 70.4 Å². The maximum absolute atomic E-state index is 13.2. The zero-order valence-electron chi connectivity index (χ0n) is 19.1. The average Bonchev–Trinajstić information content (AvgIpc) is 3.49. The highest BCUT2D eigenvalue weighted by Gasteiger charge is 2.41. The first-order chi connectivity index (χ1) is 17.6. The Hall–Kier alpha value is -3.69. The molecule has 9 heteroatoms. The van der Waals surface area contributed by atoms with E-state index < -0.39 is 0 Å². The van der Waals surface area contributed by atoms with Crippen LogP contribution in [0, 0.1) is 5.82 Å². The second-order valence-corrected chi connectivity index (χ2v) is 9.66. The third-order valence-corrected chi connectivity index (χ3v) is 7.04. The Balaban J connectivity index is 1.35. The molecule has 0 radical (unpaired) electrons.